The maximum absolute atomic E-state index is 11.4. The summed E-state index contributed by atoms with van der Waals surface area (Å²) >= 11 is 0. The number of anilines is 3. The van der Waals surface area contributed by atoms with E-state index in [2.05, 4.69) is 20.6 Å². The predicted molar refractivity (Wildman–Crippen MR) is 128 cm³/mol. The maximum atomic E-state index is 11.4. The highest BCUT2D eigenvalue weighted by Gasteiger charge is 2.27. The molecule has 0 bridgehead atoms. The van der Waals surface area contributed by atoms with Crippen molar-refractivity contribution >= 4 is 39.7 Å². The molecule has 0 fully saturated rings. The molecule has 0 amide bonds. The van der Waals surface area contributed by atoms with Gasteiger partial charge in [-0.25, -0.2) is 9.97 Å². The first-order valence-electron chi connectivity index (χ1n) is 10.2. The van der Waals surface area contributed by atoms with Crippen LogP contribution in [0.15, 0.2) is 66.7 Å². The molecule has 11 heteroatoms. The number of nitro groups is 2. The fourth-order valence-corrected chi connectivity index (χ4v) is 3.47. The van der Waals surface area contributed by atoms with Crippen LogP contribution in [0, 0.1) is 20.2 Å². The first kappa shape index (κ1) is 22.4. The average molecular weight is 460 g/mol. The Labute approximate surface area is 193 Å². The van der Waals surface area contributed by atoms with E-state index < -0.39 is 21.2 Å². The van der Waals surface area contributed by atoms with E-state index in [-0.39, 0.29) is 22.9 Å². The number of nitrogens with one attached hydrogen (secondary N) is 2. The van der Waals surface area contributed by atoms with Crippen LogP contribution in [-0.4, -0.2) is 26.9 Å². The van der Waals surface area contributed by atoms with Gasteiger partial charge in [0.05, 0.1) is 51.9 Å². The van der Waals surface area contributed by atoms with Crippen LogP contribution < -0.4 is 15.4 Å². The highest BCUT2D eigenvalue weighted by atomic mass is 16.6. The number of nitro benzene ring substituents is 2. The molecule has 11 nitrogen and oxygen atoms in total. The number of methoxy groups -OCH3 is 1. The third-order valence-corrected chi connectivity index (χ3v) is 5.17. The Hall–Kier alpha value is -4.80. The Balaban J connectivity index is 1.86. The van der Waals surface area contributed by atoms with Gasteiger partial charge in [0.1, 0.15) is 5.75 Å². The lowest BCUT2D eigenvalue weighted by Crippen LogP contribution is -2.11. The number of fused-ring (bicyclic) bond motifs is 1. The van der Waals surface area contributed by atoms with Crippen LogP contribution in [0.5, 0.6) is 5.75 Å². The molecule has 34 heavy (non-hydrogen) atoms. The summed E-state index contributed by atoms with van der Waals surface area (Å²) in [5, 5.41) is 29.3. The number of hydrogen-bond acceptors (Lipinski definition) is 9. The number of rotatable bonds is 8. The van der Waals surface area contributed by atoms with E-state index in [1.165, 1.54) is 7.11 Å². The Kier molecular flexibility index (Phi) is 6.17. The first-order valence-corrected chi connectivity index (χ1v) is 10.2. The van der Waals surface area contributed by atoms with Crippen molar-refractivity contribution in [3.05, 3.63) is 92.5 Å². The summed E-state index contributed by atoms with van der Waals surface area (Å²) in [5.41, 5.74) is 0.554. The molecule has 0 saturated carbocycles. The molecule has 0 aliphatic rings. The number of aromatic nitrogens is 2. The van der Waals surface area contributed by atoms with Crippen molar-refractivity contribution in [1.29, 1.82) is 0 Å². The minimum atomic E-state index is -0.809. The second kappa shape index (κ2) is 9.36. The molecule has 2 N–H and O–H groups in total. The van der Waals surface area contributed by atoms with Gasteiger partial charge in [-0.1, -0.05) is 42.5 Å². The van der Waals surface area contributed by atoms with Crippen molar-refractivity contribution in [3.63, 3.8) is 0 Å². The van der Waals surface area contributed by atoms with Crippen molar-refractivity contribution in [2.24, 2.45) is 0 Å². The number of nitrogens with zero attached hydrogens (tertiary/aromatic N) is 4. The molecule has 1 atom stereocenters. The van der Waals surface area contributed by atoms with Crippen LogP contribution in [0.1, 0.15) is 18.5 Å². The normalized spacial score (nSPS) is 11.6. The summed E-state index contributed by atoms with van der Waals surface area (Å²) < 4.78 is 5.39. The molecule has 1 heterocycles. The molecule has 0 spiro atoms. The van der Waals surface area contributed by atoms with Crippen LogP contribution in [0.25, 0.3) is 11.0 Å². The number of ether oxygens (including phenoxy) is 1. The van der Waals surface area contributed by atoms with Gasteiger partial charge in [0, 0.05) is 0 Å². The predicted octanol–water partition coefficient (Wildman–Crippen LogP) is 5.37. The Morgan fingerprint density at radius 2 is 1.41 bits per heavy atom. The third-order valence-electron chi connectivity index (χ3n) is 5.17. The van der Waals surface area contributed by atoms with E-state index in [0.717, 1.165) is 17.7 Å². The minimum absolute atomic E-state index is 0.132. The van der Waals surface area contributed by atoms with Crippen LogP contribution in [-0.2, 0) is 0 Å². The second-order valence-electron chi connectivity index (χ2n) is 7.37. The Morgan fingerprint density at radius 1 is 0.853 bits per heavy atom. The molecule has 1 aromatic heterocycles. The molecule has 172 valence electrons. The quantitative estimate of drug-likeness (QED) is 0.262. The third kappa shape index (κ3) is 4.53. The zero-order chi connectivity index (χ0) is 24.2. The Morgan fingerprint density at radius 3 is 2.00 bits per heavy atom. The van der Waals surface area contributed by atoms with E-state index in [4.69, 9.17) is 4.74 Å². The minimum Gasteiger partial charge on any atom is -0.495 e. The summed E-state index contributed by atoms with van der Waals surface area (Å²) in [6.45, 7) is 1.94. The first-order chi connectivity index (χ1) is 16.4. The highest BCUT2D eigenvalue weighted by Crippen LogP contribution is 2.35. The smallest absolute Gasteiger partial charge is 0.348 e. The van der Waals surface area contributed by atoms with E-state index in [9.17, 15) is 20.2 Å². The lowest BCUT2D eigenvalue weighted by atomic mass is 10.1. The van der Waals surface area contributed by atoms with Gasteiger partial charge in [-0.3, -0.25) is 20.2 Å². The summed E-state index contributed by atoms with van der Waals surface area (Å²) in [6.07, 6.45) is 0. The number of hydrogen-bond donors (Lipinski definition) is 2. The van der Waals surface area contributed by atoms with Crippen molar-refractivity contribution < 1.29 is 14.6 Å². The SMILES string of the molecule is COc1ccccc1Nc1nc2cc([N+](=O)[O-])c([N+](=O)[O-])cc2nc1NC(C)c1ccccc1. The molecule has 1 unspecified atom stereocenters. The standard InChI is InChI=1S/C23H20N6O5/c1-14(15-8-4-3-5-9-15)24-22-23(25-16-10-6-7-11-21(16)34-2)27-18-13-20(29(32)33)19(28(30)31)12-17(18)26-22/h3-14H,1-2H3,(H,24,26)(H,25,27). The fraction of sp³-hybridized carbons (Fsp3) is 0.130. The van der Waals surface area contributed by atoms with Gasteiger partial charge in [-0.15, -0.1) is 0 Å². The van der Waals surface area contributed by atoms with Crippen LogP contribution in [0.3, 0.4) is 0 Å². The van der Waals surface area contributed by atoms with Crippen LogP contribution in [0.4, 0.5) is 28.7 Å². The van der Waals surface area contributed by atoms with Crippen molar-refractivity contribution in [2.75, 3.05) is 17.7 Å². The second-order valence-corrected chi connectivity index (χ2v) is 7.37. The lowest BCUT2D eigenvalue weighted by Gasteiger charge is -2.19. The van der Waals surface area contributed by atoms with E-state index >= 15 is 0 Å². The van der Waals surface area contributed by atoms with Gasteiger partial charge in [0.2, 0.25) is 0 Å². The summed E-state index contributed by atoms with van der Waals surface area (Å²) in [6, 6.07) is 18.8. The molecular formula is C23H20N6O5. The molecule has 4 rings (SSSR count). The van der Waals surface area contributed by atoms with Crippen LogP contribution in [0.2, 0.25) is 0 Å². The molecule has 0 aliphatic heterocycles. The van der Waals surface area contributed by atoms with Gasteiger partial charge in [0.25, 0.3) is 0 Å². The lowest BCUT2D eigenvalue weighted by molar-refractivity contribution is -0.422. The topological polar surface area (TPSA) is 145 Å². The summed E-state index contributed by atoms with van der Waals surface area (Å²) in [4.78, 5) is 30.2. The van der Waals surface area contributed by atoms with Gasteiger partial charge >= 0.3 is 11.4 Å². The molecule has 3 aromatic carbocycles. The molecule has 0 aliphatic carbocycles. The van der Waals surface area contributed by atoms with Crippen molar-refractivity contribution in [3.8, 4) is 5.75 Å². The molecule has 0 radical (unpaired) electrons. The van der Waals surface area contributed by atoms with Crippen LogP contribution >= 0.6 is 0 Å². The van der Waals surface area contributed by atoms with Gasteiger partial charge in [0.15, 0.2) is 11.6 Å². The fourth-order valence-electron chi connectivity index (χ4n) is 3.47. The number of para-hydroxylation sites is 2. The maximum Gasteiger partial charge on any atom is 0.348 e. The summed E-state index contributed by atoms with van der Waals surface area (Å²) in [5.74, 6) is 1.15. The van der Waals surface area contributed by atoms with Gasteiger partial charge < -0.3 is 15.4 Å². The van der Waals surface area contributed by atoms with E-state index in [1.54, 1.807) is 12.1 Å². The summed E-state index contributed by atoms with van der Waals surface area (Å²) in [7, 11) is 1.53. The zero-order valence-electron chi connectivity index (χ0n) is 18.3. The molecule has 4 aromatic rings. The number of benzene rings is 3. The van der Waals surface area contributed by atoms with Crippen molar-refractivity contribution in [1.82, 2.24) is 9.97 Å². The molecular weight excluding hydrogens is 440 g/mol. The van der Waals surface area contributed by atoms with Crippen molar-refractivity contribution in [2.45, 2.75) is 13.0 Å². The van der Waals surface area contributed by atoms with Gasteiger partial charge in [-0.2, -0.15) is 0 Å². The molecule has 0 saturated heterocycles. The highest BCUT2D eigenvalue weighted by molar-refractivity contribution is 5.87. The van der Waals surface area contributed by atoms with E-state index in [0.29, 0.717) is 17.3 Å². The monoisotopic (exact) mass is 460 g/mol. The zero-order valence-corrected chi connectivity index (χ0v) is 18.3. The van der Waals surface area contributed by atoms with Gasteiger partial charge in [-0.05, 0) is 24.6 Å². The largest absolute Gasteiger partial charge is 0.495 e. The Bertz CT molecular complexity index is 1380. The van der Waals surface area contributed by atoms with E-state index in [1.807, 2.05) is 49.4 Å². The average Bonchev–Trinajstić information content (AvgIpc) is 2.84.